The van der Waals surface area contributed by atoms with Crippen LogP contribution in [0.4, 0.5) is 11.4 Å². The lowest BCUT2D eigenvalue weighted by Crippen LogP contribution is -2.47. The van der Waals surface area contributed by atoms with Crippen LogP contribution in [-0.2, 0) is 14.3 Å². The van der Waals surface area contributed by atoms with Crippen molar-refractivity contribution in [2.24, 2.45) is 0 Å². The lowest BCUT2D eigenvalue weighted by Gasteiger charge is -2.32. The normalized spacial score (nSPS) is 15.5. The number of anilines is 2. The molecule has 146 valence electrons. The molecule has 7 nitrogen and oxygen atoms in total. The fraction of sp³-hybridized carbons (Fsp3) is 0.286. The number of nitrogens with zero attached hydrogens (tertiary/aromatic N) is 1. The predicted octanol–water partition coefficient (Wildman–Crippen LogP) is 2.92. The van der Waals surface area contributed by atoms with Gasteiger partial charge in [-0.1, -0.05) is 18.2 Å². The van der Waals surface area contributed by atoms with Crippen molar-refractivity contribution in [3.05, 3.63) is 53.6 Å². The highest BCUT2D eigenvalue weighted by atomic mass is 16.5. The van der Waals surface area contributed by atoms with Gasteiger partial charge in [0.1, 0.15) is 12.3 Å². The minimum Gasteiger partial charge on any atom is -0.479 e. The molecule has 1 atom stereocenters. The molecule has 1 unspecified atom stereocenters. The SMILES string of the molecule is CCOC(=O)c1ccccc1NC(=O)CN1C(=O)C(C)Oc2ccc(C)cc21. The zero-order chi connectivity index (χ0) is 20.3. The third kappa shape index (κ3) is 3.98. The van der Waals surface area contributed by atoms with Gasteiger partial charge in [-0.2, -0.15) is 0 Å². The number of hydrogen-bond acceptors (Lipinski definition) is 5. The topological polar surface area (TPSA) is 84.9 Å². The summed E-state index contributed by atoms with van der Waals surface area (Å²) in [5.41, 5.74) is 2.10. The summed E-state index contributed by atoms with van der Waals surface area (Å²) in [6.07, 6.45) is -0.685. The quantitative estimate of drug-likeness (QED) is 0.804. The van der Waals surface area contributed by atoms with Crippen molar-refractivity contribution >= 4 is 29.2 Å². The van der Waals surface area contributed by atoms with Crippen LogP contribution in [0.5, 0.6) is 5.75 Å². The molecule has 0 fully saturated rings. The number of carbonyl (C=O) groups excluding carboxylic acids is 3. The van der Waals surface area contributed by atoms with Crippen LogP contribution in [0.25, 0.3) is 0 Å². The minimum absolute atomic E-state index is 0.194. The largest absolute Gasteiger partial charge is 0.479 e. The number of fused-ring (bicyclic) bond motifs is 1. The number of amides is 2. The molecule has 1 heterocycles. The summed E-state index contributed by atoms with van der Waals surface area (Å²) < 4.78 is 10.6. The van der Waals surface area contributed by atoms with E-state index in [1.54, 1.807) is 50.2 Å². The molecule has 28 heavy (non-hydrogen) atoms. The van der Waals surface area contributed by atoms with Gasteiger partial charge in [0.15, 0.2) is 6.10 Å². The summed E-state index contributed by atoms with van der Waals surface area (Å²) in [5.74, 6) is -0.688. The minimum atomic E-state index is -0.685. The molecular formula is C21H22N2O5. The van der Waals surface area contributed by atoms with Gasteiger partial charge in [-0.05, 0) is 50.6 Å². The Morgan fingerprint density at radius 3 is 2.71 bits per heavy atom. The Morgan fingerprint density at radius 1 is 1.21 bits per heavy atom. The van der Waals surface area contributed by atoms with Crippen molar-refractivity contribution in [3.8, 4) is 5.75 Å². The Kier molecular flexibility index (Phi) is 5.63. The van der Waals surface area contributed by atoms with Crippen molar-refractivity contribution < 1.29 is 23.9 Å². The first-order valence-corrected chi connectivity index (χ1v) is 9.05. The first-order valence-electron chi connectivity index (χ1n) is 9.05. The van der Waals surface area contributed by atoms with Gasteiger partial charge in [0.25, 0.3) is 5.91 Å². The van der Waals surface area contributed by atoms with Crippen molar-refractivity contribution in [2.75, 3.05) is 23.4 Å². The highest BCUT2D eigenvalue weighted by molar-refractivity contribution is 6.07. The predicted molar refractivity (Wildman–Crippen MR) is 105 cm³/mol. The molecule has 0 aliphatic carbocycles. The van der Waals surface area contributed by atoms with Gasteiger partial charge in [-0.3, -0.25) is 14.5 Å². The highest BCUT2D eigenvalue weighted by Crippen LogP contribution is 2.34. The molecule has 0 bridgehead atoms. The number of ether oxygens (including phenoxy) is 2. The lowest BCUT2D eigenvalue weighted by atomic mass is 10.1. The summed E-state index contributed by atoms with van der Waals surface area (Å²) >= 11 is 0. The Morgan fingerprint density at radius 2 is 1.96 bits per heavy atom. The van der Waals surface area contributed by atoms with Crippen LogP contribution in [0.1, 0.15) is 29.8 Å². The third-order valence-electron chi connectivity index (χ3n) is 4.32. The van der Waals surface area contributed by atoms with E-state index in [-0.39, 0.29) is 24.6 Å². The standard InChI is InChI=1S/C21H22N2O5/c1-4-27-21(26)15-7-5-6-8-16(15)22-19(24)12-23-17-11-13(2)9-10-18(17)28-14(3)20(23)25/h5-11,14H,4,12H2,1-3H3,(H,22,24). The van der Waals surface area contributed by atoms with E-state index < -0.39 is 18.0 Å². The van der Waals surface area contributed by atoms with Crippen LogP contribution in [0.3, 0.4) is 0 Å². The molecular weight excluding hydrogens is 360 g/mol. The lowest BCUT2D eigenvalue weighted by molar-refractivity contribution is -0.127. The van der Waals surface area contributed by atoms with Crippen LogP contribution >= 0.6 is 0 Å². The molecule has 2 amide bonds. The molecule has 0 saturated carbocycles. The van der Waals surface area contributed by atoms with Gasteiger partial charge in [-0.25, -0.2) is 4.79 Å². The molecule has 1 N–H and O–H groups in total. The van der Waals surface area contributed by atoms with Gasteiger partial charge in [0.05, 0.1) is 23.5 Å². The summed E-state index contributed by atoms with van der Waals surface area (Å²) in [5, 5.41) is 2.70. The van der Waals surface area contributed by atoms with E-state index in [4.69, 9.17) is 9.47 Å². The van der Waals surface area contributed by atoms with Crippen LogP contribution in [0.2, 0.25) is 0 Å². The first kappa shape index (κ1) is 19.4. The van der Waals surface area contributed by atoms with Crippen molar-refractivity contribution in [2.45, 2.75) is 26.9 Å². The van der Waals surface area contributed by atoms with E-state index in [1.165, 1.54) is 4.90 Å². The van der Waals surface area contributed by atoms with Gasteiger partial charge in [-0.15, -0.1) is 0 Å². The molecule has 1 aliphatic rings. The van der Waals surface area contributed by atoms with Gasteiger partial charge >= 0.3 is 5.97 Å². The Bertz CT molecular complexity index is 925. The van der Waals surface area contributed by atoms with E-state index in [0.29, 0.717) is 17.1 Å². The zero-order valence-corrected chi connectivity index (χ0v) is 16.0. The molecule has 2 aromatic rings. The Balaban J connectivity index is 1.82. The first-order chi connectivity index (χ1) is 13.4. The van der Waals surface area contributed by atoms with Crippen LogP contribution in [0.15, 0.2) is 42.5 Å². The smallest absolute Gasteiger partial charge is 0.340 e. The number of aryl methyl sites for hydroxylation is 1. The van der Waals surface area contributed by atoms with E-state index in [2.05, 4.69) is 5.32 Å². The molecule has 0 radical (unpaired) electrons. The Hall–Kier alpha value is -3.35. The fourth-order valence-corrected chi connectivity index (χ4v) is 2.99. The summed E-state index contributed by atoms with van der Waals surface area (Å²) in [7, 11) is 0. The van der Waals surface area contributed by atoms with E-state index in [1.807, 2.05) is 13.0 Å². The average molecular weight is 382 g/mol. The maximum Gasteiger partial charge on any atom is 0.340 e. The van der Waals surface area contributed by atoms with Gasteiger partial charge < -0.3 is 14.8 Å². The van der Waals surface area contributed by atoms with Crippen molar-refractivity contribution in [1.29, 1.82) is 0 Å². The van der Waals surface area contributed by atoms with Gasteiger partial charge in [0.2, 0.25) is 5.91 Å². The fourth-order valence-electron chi connectivity index (χ4n) is 2.99. The number of nitrogens with one attached hydrogen (secondary N) is 1. The second kappa shape index (κ2) is 8.12. The zero-order valence-electron chi connectivity index (χ0n) is 16.0. The van der Waals surface area contributed by atoms with E-state index >= 15 is 0 Å². The van der Waals surface area contributed by atoms with E-state index in [9.17, 15) is 14.4 Å². The van der Waals surface area contributed by atoms with Crippen LogP contribution in [-0.4, -0.2) is 37.0 Å². The second-order valence-electron chi connectivity index (χ2n) is 6.47. The maximum absolute atomic E-state index is 12.7. The van der Waals surface area contributed by atoms with E-state index in [0.717, 1.165) is 5.56 Å². The van der Waals surface area contributed by atoms with Crippen LogP contribution < -0.4 is 15.0 Å². The number of hydrogen-bond donors (Lipinski definition) is 1. The summed E-state index contributed by atoms with van der Waals surface area (Å²) in [4.78, 5) is 38.7. The summed E-state index contributed by atoms with van der Waals surface area (Å²) in [6, 6.07) is 12.1. The number of esters is 1. The highest BCUT2D eigenvalue weighted by Gasteiger charge is 2.33. The molecule has 0 aromatic heterocycles. The number of benzene rings is 2. The second-order valence-corrected chi connectivity index (χ2v) is 6.47. The summed E-state index contributed by atoms with van der Waals surface area (Å²) in [6.45, 7) is 5.30. The third-order valence-corrected chi connectivity index (χ3v) is 4.32. The van der Waals surface area contributed by atoms with Crippen LogP contribution in [0, 0.1) is 6.92 Å². The molecule has 0 saturated heterocycles. The number of para-hydroxylation sites is 1. The number of rotatable bonds is 5. The maximum atomic E-state index is 12.7. The molecule has 0 spiro atoms. The molecule has 2 aromatic carbocycles. The molecule has 3 rings (SSSR count). The Labute approximate surface area is 163 Å². The van der Waals surface area contributed by atoms with Crippen molar-refractivity contribution in [1.82, 2.24) is 0 Å². The van der Waals surface area contributed by atoms with Crippen molar-refractivity contribution in [3.63, 3.8) is 0 Å². The molecule has 7 heteroatoms. The molecule has 1 aliphatic heterocycles. The van der Waals surface area contributed by atoms with Gasteiger partial charge in [0, 0.05) is 0 Å². The number of carbonyl (C=O) groups is 3. The average Bonchev–Trinajstić information content (AvgIpc) is 2.66. The monoisotopic (exact) mass is 382 g/mol.